The van der Waals surface area contributed by atoms with E-state index in [4.69, 9.17) is 14.2 Å². The highest BCUT2D eigenvalue weighted by Gasteiger charge is 2.19. The van der Waals surface area contributed by atoms with Gasteiger partial charge in [0, 0.05) is 6.61 Å². The second-order valence-corrected chi connectivity index (χ2v) is 13.1. The summed E-state index contributed by atoms with van der Waals surface area (Å²) in [4.78, 5) is 9.83. The van der Waals surface area contributed by atoms with Crippen LogP contribution in [0.5, 0.6) is 0 Å². The summed E-state index contributed by atoms with van der Waals surface area (Å²) < 4.78 is 22.3. The van der Waals surface area contributed by atoms with Crippen molar-refractivity contribution in [3.8, 4) is 0 Å². The van der Waals surface area contributed by atoms with Gasteiger partial charge in [-0.1, -0.05) is 181 Å². The van der Waals surface area contributed by atoms with Gasteiger partial charge in [0.1, 0.15) is 0 Å². The van der Waals surface area contributed by atoms with Crippen LogP contribution in [0.15, 0.2) is 0 Å². The standard InChI is InChI=1S/C32H67O4P.C2H6O/c1-3-5-7-9-11-13-15-17-19-21-23-25-27-29-31-35-37(33,34)36-32-30-28-26-24-22-20-18-16-14-12-10-8-6-4-2;1-2-3/h3-32H2,1-2H3,(H,33,34);3H,2H2,1H3. The number of hydrogen-bond donors (Lipinski definition) is 2. The molecule has 0 saturated carbocycles. The molecule has 244 valence electrons. The van der Waals surface area contributed by atoms with Crippen LogP contribution in [0.3, 0.4) is 0 Å². The van der Waals surface area contributed by atoms with E-state index < -0.39 is 7.82 Å². The van der Waals surface area contributed by atoms with Crippen LogP contribution in [-0.2, 0) is 13.6 Å². The Morgan fingerprint density at radius 2 is 0.575 bits per heavy atom. The summed E-state index contributed by atoms with van der Waals surface area (Å²) in [5.41, 5.74) is 0. The Kier molecular flexibility index (Phi) is 39.1. The first kappa shape index (κ1) is 42.2. The van der Waals surface area contributed by atoms with Gasteiger partial charge in [0.25, 0.3) is 0 Å². The molecule has 0 bridgehead atoms. The average Bonchev–Trinajstić information content (AvgIpc) is 2.93. The topological polar surface area (TPSA) is 76.0 Å². The fourth-order valence-electron chi connectivity index (χ4n) is 4.99. The number of aliphatic hydroxyl groups excluding tert-OH is 1. The van der Waals surface area contributed by atoms with Crippen molar-refractivity contribution in [3.63, 3.8) is 0 Å². The predicted molar refractivity (Wildman–Crippen MR) is 175 cm³/mol. The van der Waals surface area contributed by atoms with Gasteiger partial charge in [-0.15, -0.1) is 0 Å². The van der Waals surface area contributed by atoms with Crippen molar-refractivity contribution >= 4 is 7.82 Å². The molecule has 0 spiro atoms. The SMILES string of the molecule is CCCCCCCCCCCCCCCCOP(=O)(O)OCCCCCCCCCCCCCCCC.CCO. The number of phosphoric acid groups is 1. The summed E-state index contributed by atoms with van der Waals surface area (Å²) in [6, 6.07) is 0. The van der Waals surface area contributed by atoms with E-state index in [2.05, 4.69) is 13.8 Å². The zero-order valence-corrected chi connectivity index (χ0v) is 28.4. The third-order valence-electron chi connectivity index (χ3n) is 7.50. The number of unbranched alkanes of at least 4 members (excludes halogenated alkanes) is 26. The molecule has 0 aliphatic heterocycles. The number of rotatable bonds is 32. The minimum atomic E-state index is -3.87. The Balaban J connectivity index is 0. The largest absolute Gasteiger partial charge is 0.472 e. The van der Waals surface area contributed by atoms with Gasteiger partial charge in [0.2, 0.25) is 0 Å². The Labute approximate surface area is 251 Å². The molecule has 0 fully saturated rings. The van der Waals surface area contributed by atoms with Gasteiger partial charge in [-0.25, -0.2) is 4.57 Å². The van der Waals surface area contributed by atoms with Gasteiger partial charge in [0.05, 0.1) is 13.2 Å². The van der Waals surface area contributed by atoms with E-state index in [9.17, 15) is 9.46 Å². The van der Waals surface area contributed by atoms with Crippen LogP contribution < -0.4 is 0 Å². The van der Waals surface area contributed by atoms with Crippen LogP contribution in [0, 0.1) is 0 Å². The molecular formula is C34H73O5P. The van der Waals surface area contributed by atoms with Crippen molar-refractivity contribution in [1.29, 1.82) is 0 Å². The summed E-state index contributed by atoms with van der Waals surface area (Å²) in [7, 11) is -3.87. The lowest BCUT2D eigenvalue weighted by Gasteiger charge is -2.12. The predicted octanol–water partition coefficient (Wildman–Crippen LogP) is 12.1. The molecule has 5 nitrogen and oxygen atoms in total. The maximum Gasteiger partial charge on any atom is 0.472 e. The molecule has 0 radical (unpaired) electrons. The molecular weight excluding hydrogens is 519 g/mol. The highest BCUT2D eigenvalue weighted by atomic mass is 31.2. The molecule has 0 amide bonds. The van der Waals surface area contributed by atoms with Crippen LogP contribution in [0.2, 0.25) is 0 Å². The monoisotopic (exact) mass is 593 g/mol. The molecule has 0 unspecified atom stereocenters. The van der Waals surface area contributed by atoms with Gasteiger partial charge in [0.15, 0.2) is 0 Å². The lowest BCUT2D eigenvalue weighted by atomic mass is 10.0. The molecule has 0 aromatic heterocycles. The third kappa shape index (κ3) is 40.2. The fraction of sp³-hybridized carbons (Fsp3) is 1.00. The Hall–Kier alpha value is 0.0700. The molecule has 0 aromatic carbocycles. The Morgan fingerprint density at radius 3 is 0.775 bits per heavy atom. The molecule has 0 aliphatic rings. The molecule has 0 aromatic rings. The van der Waals surface area contributed by atoms with E-state index in [0.717, 1.165) is 25.7 Å². The minimum Gasteiger partial charge on any atom is -0.397 e. The van der Waals surface area contributed by atoms with E-state index in [1.165, 1.54) is 154 Å². The second-order valence-electron chi connectivity index (χ2n) is 11.6. The lowest BCUT2D eigenvalue weighted by Crippen LogP contribution is -1.99. The van der Waals surface area contributed by atoms with Crippen LogP contribution >= 0.6 is 7.82 Å². The molecule has 2 N–H and O–H groups in total. The van der Waals surface area contributed by atoms with Crippen LogP contribution in [0.25, 0.3) is 0 Å². The normalized spacial score (nSPS) is 11.5. The first-order valence-electron chi connectivity index (χ1n) is 17.8. The number of hydrogen-bond acceptors (Lipinski definition) is 4. The zero-order chi connectivity index (χ0) is 29.8. The molecule has 0 heterocycles. The van der Waals surface area contributed by atoms with Gasteiger partial charge < -0.3 is 10.00 Å². The lowest BCUT2D eigenvalue weighted by molar-refractivity contribution is 0.145. The third-order valence-corrected chi connectivity index (χ3v) is 8.52. The minimum absolute atomic E-state index is 0.250. The van der Waals surface area contributed by atoms with E-state index in [-0.39, 0.29) is 6.61 Å². The van der Waals surface area contributed by atoms with Crippen LogP contribution in [0.1, 0.15) is 201 Å². The zero-order valence-electron chi connectivity index (χ0n) is 27.5. The van der Waals surface area contributed by atoms with Crippen molar-refractivity contribution in [2.24, 2.45) is 0 Å². The molecule has 0 rings (SSSR count). The van der Waals surface area contributed by atoms with Crippen LogP contribution in [-0.4, -0.2) is 29.8 Å². The summed E-state index contributed by atoms with van der Waals surface area (Å²) in [6.07, 6.45) is 36.4. The first-order chi connectivity index (χ1) is 19.5. The van der Waals surface area contributed by atoms with Crippen molar-refractivity contribution in [3.05, 3.63) is 0 Å². The van der Waals surface area contributed by atoms with Crippen molar-refractivity contribution in [1.82, 2.24) is 0 Å². The van der Waals surface area contributed by atoms with E-state index in [1.54, 1.807) is 6.92 Å². The number of aliphatic hydroxyl groups is 1. The van der Waals surface area contributed by atoms with Crippen LogP contribution in [0.4, 0.5) is 0 Å². The molecule has 40 heavy (non-hydrogen) atoms. The summed E-state index contributed by atoms with van der Waals surface area (Å²) >= 11 is 0. The van der Waals surface area contributed by atoms with Gasteiger partial charge in [-0.3, -0.25) is 9.05 Å². The van der Waals surface area contributed by atoms with Gasteiger partial charge in [-0.05, 0) is 19.8 Å². The Morgan fingerprint density at radius 1 is 0.400 bits per heavy atom. The highest BCUT2D eigenvalue weighted by Crippen LogP contribution is 2.43. The van der Waals surface area contributed by atoms with Crippen molar-refractivity contribution < 1.29 is 23.6 Å². The van der Waals surface area contributed by atoms with E-state index in [0.29, 0.717) is 13.2 Å². The molecule has 0 saturated heterocycles. The smallest absolute Gasteiger partial charge is 0.397 e. The first-order valence-corrected chi connectivity index (χ1v) is 19.3. The Bertz CT molecular complexity index is 451. The summed E-state index contributed by atoms with van der Waals surface area (Å²) in [5.74, 6) is 0. The molecule has 6 heteroatoms. The maximum atomic E-state index is 12.0. The quantitative estimate of drug-likeness (QED) is 0.0600. The van der Waals surface area contributed by atoms with Crippen molar-refractivity contribution in [2.75, 3.05) is 19.8 Å². The molecule has 0 aliphatic carbocycles. The van der Waals surface area contributed by atoms with Crippen molar-refractivity contribution in [2.45, 2.75) is 201 Å². The van der Waals surface area contributed by atoms with Gasteiger partial charge in [-0.2, -0.15) is 0 Å². The summed E-state index contributed by atoms with van der Waals surface area (Å²) in [6.45, 7) is 7.12. The second kappa shape index (κ2) is 37.1. The summed E-state index contributed by atoms with van der Waals surface area (Å²) in [5, 5.41) is 7.57. The fourth-order valence-corrected chi connectivity index (χ4v) is 5.78. The van der Waals surface area contributed by atoms with E-state index >= 15 is 0 Å². The average molecular weight is 593 g/mol. The van der Waals surface area contributed by atoms with E-state index in [1.807, 2.05) is 0 Å². The highest BCUT2D eigenvalue weighted by molar-refractivity contribution is 7.47. The number of phosphoric ester groups is 1. The maximum absolute atomic E-state index is 12.0. The van der Waals surface area contributed by atoms with Gasteiger partial charge >= 0.3 is 7.82 Å². The molecule has 0 atom stereocenters.